The number of carbonyl (C=O) groups excluding carboxylic acids is 2. The fourth-order valence-corrected chi connectivity index (χ4v) is 6.10. The second-order valence-corrected chi connectivity index (χ2v) is 10.9. The smallest absolute Gasteiger partial charge is 0.256 e. The summed E-state index contributed by atoms with van der Waals surface area (Å²) in [7, 11) is 0. The van der Waals surface area contributed by atoms with E-state index in [-0.39, 0.29) is 11.8 Å². The summed E-state index contributed by atoms with van der Waals surface area (Å²) in [6, 6.07) is 23.7. The molecule has 0 aromatic heterocycles. The molecule has 5 nitrogen and oxygen atoms in total. The molecule has 36 heavy (non-hydrogen) atoms. The van der Waals surface area contributed by atoms with Crippen molar-refractivity contribution in [2.24, 2.45) is 5.92 Å². The fraction of sp³-hybridized carbons (Fsp3) is 0.333. The molecule has 0 spiro atoms. The summed E-state index contributed by atoms with van der Waals surface area (Å²) in [5.41, 5.74) is 4.85. The summed E-state index contributed by atoms with van der Waals surface area (Å²) in [6.07, 6.45) is 3.48. The van der Waals surface area contributed by atoms with Gasteiger partial charge in [0, 0.05) is 35.9 Å². The Kier molecular flexibility index (Phi) is 7.73. The van der Waals surface area contributed by atoms with Crippen LogP contribution in [0.2, 0.25) is 0 Å². The van der Waals surface area contributed by atoms with Crippen LogP contribution in [0, 0.1) is 5.92 Å². The third-order valence-electron chi connectivity index (χ3n) is 7.03. The van der Waals surface area contributed by atoms with Gasteiger partial charge in [0.15, 0.2) is 0 Å². The van der Waals surface area contributed by atoms with Gasteiger partial charge in [-0.2, -0.15) is 0 Å². The highest BCUT2D eigenvalue weighted by atomic mass is 32.2. The predicted octanol–water partition coefficient (Wildman–Crippen LogP) is 5.85. The number of hydrogen-bond donors (Lipinski definition) is 1. The van der Waals surface area contributed by atoms with E-state index in [1.165, 1.54) is 35.7 Å². The Labute approximate surface area is 217 Å². The van der Waals surface area contributed by atoms with Gasteiger partial charge in [-0.25, -0.2) is 0 Å². The number of fused-ring (bicyclic) bond motifs is 1. The summed E-state index contributed by atoms with van der Waals surface area (Å²) in [5, 5.41) is 3.03. The summed E-state index contributed by atoms with van der Waals surface area (Å²) >= 11 is 1.42. The normalized spacial score (nSPS) is 17.6. The first-order chi connectivity index (χ1) is 17.6. The van der Waals surface area contributed by atoms with E-state index in [9.17, 15) is 9.59 Å². The first-order valence-electron chi connectivity index (χ1n) is 12.8. The number of likely N-dealkylation sites (tertiary alicyclic amines) is 1. The SMILES string of the molecule is CC1CCCN(Cc2ccc(NC(=O)c3ccccc3SCC(=O)N3CCc4ccccc43)cc2)C1. The van der Waals surface area contributed by atoms with E-state index in [2.05, 4.69) is 35.3 Å². The van der Waals surface area contributed by atoms with Crippen molar-refractivity contribution in [2.75, 3.05) is 35.6 Å². The molecule has 0 aliphatic carbocycles. The third-order valence-corrected chi connectivity index (χ3v) is 8.09. The average Bonchev–Trinajstić information content (AvgIpc) is 3.33. The molecule has 2 aliphatic heterocycles. The zero-order valence-corrected chi connectivity index (χ0v) is 21.6. The van der Waals surface area contributed by atoms with Crippen molar-refractivity contribution in [3.05, 3.63) is 89.5 Å². The zero-order valence-electron chi connectivity index (χ0n) is 20.8. The van der Waals surface area contributed by atoms with Gasteiger partial charge in [0.2, 0.25) is 5.91 Å². The molecule has 1 N–H and O–H groups in total. The largest absolute Gasteiger partial charge is 0.322 e. The predicted molar refractivity (Wildman–Crippen MR) is 148 cm³/mol. The third kappa shape index (κ3) is 5.82. The molecule has 3 aromatic rings. The van der Waals surface area contributed by atoms with Crippen LogP contribution in [0.1, 0.15) is 41.3 Å². The van der Waals surface area contributed by atoms with E-state index >= 15 is 0 Å². The lowest BCUT2D eigenvalue weighted by Crippen LogP contribution is -2.33. The zero-order chi connectivity index (χ0) is 24.9. The maximum absolute atomic E-state index is 13.1. The Bertz CT molecular complexity index is 1230. The topological polar surface area (TPSA) is 52.7 Å². The number of para-hydroxylation sites is 1. The molecule has 2 amide bonds. The molecule has 1 atom stereocenters. The second kappa shape index (κ2) is 11.3. The first-order valence-corrected chi connectivity index (χ1v) is 13.8. The minimum Gasteiger partial charge on any atom is -0.322 e. The summed E-state index contributed by atoms with van der Waals surface area (Å²) in [6.45, 7) is 6.30. The number of nitrogens with zero attached hydrogens (tertiary/aromatic N) is 2. The number of anilines is 2. The van der Waals surface area contributed by atoms with Crippen LogP contribution in [-0.4, -0.2) is 42.1 Å². The number of carbonyl (C=O) groups is 2. The van der Waals surface area contributed by atoms with Crippen molar-refractivity contribution in [1.82, 2.24) is 4.90 Å². The molecule has 5 rings (SSSR count). The lowest BCUT2D eigenvalue weighted by atomic mass is 10.00. The van der Waals surface area contributed by atoms with Crippen LogP contribution in [0.4, 0.5) is 11.4 Å². The number of rotatable bonds is 7. The molecule has 0 radical (unpaired) electrons. The maximum Gasteiger partial charge on any atom is 0.256 e. The highest BCUT2D eigenvalue weighted by Gasteiger charge is 2.24. The Morgan fingerprint density at radius 3 is 2.58 bits per heavy atom. The molecule has 6 heteroatoms. The number of piperidine rings is 1. The minimum atomic E-state index is -0.158. The van der Waals surface area contributed by atoms with Crippen molar-refractivity contribution in [2.45, 2.75) is 37.6 Å². The second-order valence-electron chi connectivity index (χ2n) is 9.84. The molecule has 3 aromatic carbocycles. The summed E-state index contributed by atoms with van der Waals surface area (Å²) in [5.74, 6) is 0.966. The minimum absolute atomic E-state index is 0.0684. The van der Waals surface area contributed by atoms with Gasteiger partial charge in [0.25, 0.3) is 5.91 Å². The molecule has 1 saturated heterocycles. The average molecular weight is 500 g/mol. The number of thioether (sulfide) groups is 1. The van der Waals surface area contributed by atoms with Crippen molar-refractivity contribution in [1.29, 1.82) is 0 Å². The molecule has 1 fully saturated rings. The first kappa shape index (κ1) is 24.6. The van der Waals surface area contributed by atoms with Crippen molar-refractivity contribution in [3.8, 4) is 0 Å². The standard InChI is InChI=1S/C30H33N3O2S/c1-22-7-6-17-32(19-22)20-23-12-14-25(15-13-23)31-30(35)26-9-3-5-11-28(26)36-21-29(34)33-18-16-24-8-2-4-10-27(24)33/h2-5,8-15,22H,6-7,16-21H2,1H3,(H,31,35). The van der Waals surface area contributed by atoms with Gasteiger partial charge in [-0.1, -0.05) is 49.4 Å². The summed E-state index contributed by atoms with van der Waals surface area (Å²) < 4.78 is 0. The quantitative estimate of drug-likeness (QED) is 0.414. The monoisotopic (exact) mass is 499 g/mol. The molecule has 1 unspecified atom stereocenters. The van der Waals surface area contributed by atoms with Crippen LogP contribution in [0.15, 0.2) is 77.7 Å². The van der Waals surface area contributed by atoms with Gasteiger partial charge in [-0.05, 0) is 73.2 Å². The van der Waals surface area contributed by atoms with E-state index in [0.717, 1.165) is 48.2 Å². The Morgan fingerprint density at radius 2 is 1.75 bits per heavy atom. The Balaban J connectivity index is 1.19. The Morgan fingerprint density at radius 1 is 0.972 bits per heavy atom. The molecule has 2 aliphatic rings. The number of hydrogen-bond acceptors (Lipinski definition) is 4. The van der Waals surface area contributed by atoms with Gasteiger partial charge < -0.3 is 10.2 Å². The van der Waals surface area contributed by atoms with Crippen molar-refractivity contribution in [3.63, 3.8) is 0 Å². The molecule has 0 bridgehead atoms. The van der Waals surface area contributed by atoms with E-state index in [0.29, 0.717) is 17.9 Å². The fourth-order valence-electron chi connectivity index (χ4n) is 5.18. The van der Waals surface area contributed by atoms with Crippen LogP contribution >= 0.6 is 11.8 Å². The van der Waals surface area contributed by atoms with Gasteiger partial charge in [-0.15, -0.1) is 11.8 Å². The Hall–Kier alpha value is -3.09. The number of amides is 2. The lowest BCUT2D eigenvalue weighted by Gasteiger charge is -2.30. The molecular formula is C30H33N3O2S. The molecule has 0 saturated carbocycles. The molecular weight excluding hydrogens is 466 g/mol. The summed E-state index contributed by atoms with van der Waals surface area (Å²) in [4.78, 5) is 31.2. The van der Waals surface area contributed by atoms with E-state index in [4.69, 9.17) is 0 Å². The van der Waals surface area contributed by atoms with Gasteiger partial charge in [0.1, 0.15) is 0 Å². The number of nitrogens with one attached hydrogen (secondary N) is 1. The number of benzene rings is 3. The van der Waals surface area contributed by atoms with Crippen LogP contribution < -0.4 is 10.2 Å². The van der Waals surface area contributed by atoms with Gasteiger partial charge in [-0.3, -0.25) is 14.5 Å². The van der Waals surface area contributed by atoms with Crippen LogP contribution in [-0.2, 0) is 17.8 Å². The van der Waals surface area contributed by atoms with Crippen LogP contribution in [0.5, 0.6) is 0 Å². The van der Waals surface area contributed by atoms with Gasteiger partial charge >= 0.3 is 0 Å². The molecule has 186 valence electrons. The van der Waals surface area contributed by atoms with Crippen molar-refractivity contribution < 1.29 is 9.59 Å². The maximum atomic E-state index is 13.1. The van der Waals surface area contributed by atoms with Crippen molar-refractivity contribution >= 4 is 35.0 Å². The van der Waals surface area contributed by atoms with E-state index in [1.807, 2.05) is 59.5 Å². The lowest BCUT2D eigenvalue weighted by molar-refractivity contribution is -0.116. The van der Waals surface area contributed by atoms with Gasteiger partial charge in [0.05, 0.1) is 11.3 Å². The van der Waals surface area contributed by atoms with E-state index in [1.54, 1.807) is 0 Å². The highest BCUT2D eigenvalue weighted by Crippen LogP contribution is 2.30. The highest BCUT2D eigenvalue weighted by molar-refractivity contribution is 8.00. The van der Waals surface area contributed by atoms with Crippen LogP contribution in [0.25, 0.3) is 0 Å². The molecule has 2 heterocycles. The van der Waals surface area contributed by atoms with E-state index < -0.39 is 0 Å². The van der Waals surface area contributed by atoms with Crippen LogP contribution in [0.3, 0.4) is 0 Å².